The quantitative estimate of drug-likeness (QED) is 0.597. The van der Waals surface area contributed by atoms with Crippen LogP contribution < -0.4 is 5.32 Å². The number of amides is 2. The normalized spacial score (nSPS) is 21.0. The van der Waals surface area contributed by atoms with Gasteiger partial charge in [-0.3, -0.25) is 4.79 Å². The zero-order chi connectivity index (χ0) is 20.8. The van der Waals surface area contributed by atoms with Crippen LogP contribution in [0.15, 0.2) is 40.9 Å². The minimum Gasteiger partial charge on any atom is -0.444 e. The summed E-state index contributed by atoms with van der Waals surface area (Å²) in [5.74, 6) is -0.169. The number of piperidine rings is 1. The minimum atomic E-state index is -1.71. The minimum absolute atomic E-state index is 0.0260. The van der Waals surface area contributed by atoms with Gasteiger partial charge in [0.05, 0.1) is 16.7 Å². The standard InChI is InChI=1S/C20H23N3O5S/c21-10-15-14-8-9-23(20(27)28-12-18(25)26)11-16(14)29-19(15)22-17(24)7-6-13-4-2-1-3-5-13/h1-5,14,16,18,25-26H,6-9,11-12H2,(H,22,24). The summed E-state index contributed by atoms with van der Waals surface area (Å²) < 4.78 is 4.84. The lowest BCUT2D eigenvalue weighted by Crippen LogP contribution is -2.45. The first-order valence-corrected chi connectivity index (χ1v) is 10.3. The number of aliphatic hydroxyl groups excluding tert-OH is 1. The molecule has 8 nitrogen and oxygen atoms in total. The molecule has 1 fully saturated rings. The molecule has 1 saturated heterocycles. The largest absolute Gasteiger partial charge is 0.444 e. The van der Waals surface area contributed by atoms with Crippen molar-refractivity contribution >= 4 is 23.8 Å². The zero-order valence-electron chi connectivity index (χ0n) is 15.8. The van der Waals surface area contributed by atoms with Crippen LogP contribution >= 0.6 is 11.8 Å². The highest BCUT2D eigenvalue weighted by atomic mass is 32.2. The maximum atomic E-state index is 12.4. The fourth-order valence-corrected chi connectivity index (χ4v) is 4.96. The molecule has 0 aliphatic carbocycles. The molecule has 2 atom stereocenters. The molecule has 3 N–H and O–H groups in total. The molecule has 2 aliphatic heterocycles. The Kier molecular flexibility index (Phi) is 7.14. The van der Waals surface area contributed by atoms with Crippen molar-refractivity contribution in [2.45, 2.75) is 30.8 Å². The Labute approximate surface area is 173 Å². The lowest BCUT2D eigenvalue weighted by Gasteiger charge is -2.33. The summed E-state index contributed by atoms with van der Waals surface area (Å²) in [6.45, 7) is 0.285. The number of carbonyl (C=O) groups is 2. The van der Waals surface area contributed by atoms with Gasteiger partial charge in [0, 0.05) is 30.7 Å². The molecule has 1 aromatic carbocycles. The zero-order valence-corrected chi connectivity index (χ0v) is 16.6. The predicted octanol–water partition coefficient (Wildman–Crippen LogP) is 1.36. The molecular weight excluding hydrogens is 394 g/mol. The molecule has 0 saturated carbocycles. The summed E-state index contributed by atoms with van der Waals surface area (Å²) in [4.78, 5) is 25.9. The second kappa shape index (κ2) is 9.78. The monoisotopic (exact) mass is 417 g/mol. The van der Waals surface area contributed by atoms with Crippen LogP contribution in [0.4, 0.5) is 4.79 Å². The Morgan fingerprint density at radius 2 is 2.10 bits per heavy atom. The second-order valence-electron chi connectivity index (χ2n) is 6.94. The third-order valence-electron chi connectivity index (χ3n) is 4.91. The van der Waals surface area contributed by atoms with E-state index in [9.17, 15) is 14.9 Å². The number of aryl methyl sites for hydroxylation is 1. The van der Waals surface area contributed by atoms with Crippen LogP contribution in [0.5, 0.6) is 0 Å². The summed E-state index contributed by atoms with van der Waals surface area (Å²) in [5, 5.41) is 30.6. The number of thioether (sulfide) groups is 1. The van der Waals surface area contributed by atoms with E-state index in [-0.39, 0.29) is 17.1 Å². The van der Waals surface area contributed by atoms with E-state index >= 15 is 0 Å². The van der Waals surface area contributed by atoms with Crippen molar-refractivity contribution in [2.75, 3.05) is 19.7 Å². The molecule has 0 radical (unpaired) electrons. The van der Waals surface area contributed by atoms with E-state index in [0.717, 1.165) is 5.56 Å². The van der Waals surface area contributed by atoms with Crippen molar-refractivity contribution in [3.05, 3.63) is 46.5 Å². The van der Waals surface area contributed by atoms with Gasteiger partial charge in [-0.05, 0) is 18.4 Å². The Hall–Kier alpha value is -2.54. The van der Waals surface area contributed by atoms with Crippen LogP contribution in [0.3, 0.4) is 0 Å². The molecule has 0 aromatic heterocycles. The van der Waals surface area contributed by atoms with Gasteiger partial charge in [0.15, 0.2) is 6.29 Å². The number of carbonyl (C=O) groups excluding carboxylic acids is 2. The maximum absolute atomic E-state index is 12.4. The number of nitriles is 1. The average molecular weight is 417 g/mol. The molecular formula is C20H23N3O5S. The highest BCUT2D eigenvalue weighted by Gasteiger charge is 2.41. The predicted molar refractivity (Wildman–Crippen MR) is 106 cm³/mol. The molecule has 0 bridgehead atoms. The van der Waals surface area contributed by atoms with Crippen LogP contribution in [-0.4, -0.2) is 58.3 Å². The maximum Gasteiger partial charge on any atom is 0.409 e. The number of likely N-dealkylation sites (tertiary alicyclic amines) is 1. The summed E-state index contributed by atoms with van der Waals surface area (Å²) in [5.41, 5.74) is 1.64. The Balaban J connectivity index is 1.55. The summed E-state index contributed by atoms with van der Waals surface area (Å²) in [6, 6.07) is 11.9. The van der Waals surface area contributed by atoms with Gasteiger partial charge >= 0.3 is 6.09 Å². The van der Waals surface area contributed by atoms with E-state index in [2.05, 4.69) is 11.4 Å². The Bertz CT molecular complexity index is 821. The highest BCUT2D eigenvalue weighted by molar-refractivity contribution is 8.04. The summed E-state index contributed by atoms with van der Waals surface area (Å²) in [7, 11) is 0. The number of hydrogen-bond acceptors (Lipinski definition) is 7. The van der Waals surface area contributed by atoms with Crippen molar-refractivity contribution in [3.8, 4) is 6.07 Å². The van der Waals surface area contributed by atoms with Crippen molar-refractivity contribution < 1.29 is 24.5 Å². The number of ether oxygens (including phenoxy) is 1. The molecule has 1 aromatic rings. The smallest absolute Gasteiger partial charge is 0.409 e. The number of rotatable bonds is 6. The third kappa shape index (κ3) is 5.50. The lowest BCUT2D eigenvalue weighted by atomic mass is 9.90. The number of fused-ring (bicyclic) bond motifs is 1. The van der Waals surface area contributed by atoms with E-state index in [1.165, 1.54) is 16.7 Å². The van der Waals surface area contributed by atoms with Crippen molar-refractivity contribution in [3.63, 3.8) is 0 Å². The highest BCUT2D eigenvalue weighted by Crippen LogP contribution is 2.44. The number of hydrogen-bond donors (Lipinski definition) is 3. The molecule has 3 rings (SSSR count). The Morgan fingerprint density at radius 3 is 2.79 bits per heavy atom. The van der Waals surface area contributed by atoms with E-state index in [1.54, 1.807) is 0 Å². The topological polar surface area (TPSA) is 123 Å². The van der Waals surface area contributed by atoms with Crippen molar-refractivity contribution in [1.82, 2.24) is 10.2 Å². The SMILES string of the molecule is N#CC1=C(NC(=O)CCc2ccccc2)SC2CN(C(=O)OCC(O)O)CCC12. The van der Waals surface area contributed by atoms with E-state index in [1.807, 2.05) is 30.3 Å². The number of nitrogens with one attached hydrogen (secondary N) is 1. The first kappa shape index (κ1) is 21.2. The van der Waals surface area contributed by atoms with E-state index in [4.69, 9.17) is 14.9 Å². The molecule has 2 aliphatic rings. The molecule has 2 amide bonds. The third-order valence-corrected chi connectivity index (χ3v) is 6.25. The van der Waals surface area contributed by atoms with Gasteiger partial charge in [0.25, 0.3) is 0 Å². The number of aliphatic hydroxyl groups is 2. The molecule has 2 heterocycles. The number of nitrogens with zero attached hydrogens (tertiary/aromatic N) is 2. The van der Waals surface area contributed by atoms with Crippen molar-refractivity contribution in [2.24, 2.45) is 5.92 Å². The van der Waals surface area contributed by atoms with Gasteiger partial charge < -0.3 is 25.2 Å². The average Bonchev–Trinajstić information content (AvgIpc) is 3.07. The van der Waals surface area contributed by atoms with Crippen LogP contribution in [-0.2, 0) is 16.0 Å². The van der Waals surface area contributed by atoms with Crippen molar-refractivity contribution in [1.29, 1.82) is 5.26 Å². The molecule has 29 heavy (non-hydrogen) atoms. The van der Waals surface area contributed by atoms with Gasteiger partial charge in [0.1, 0.15) is 6.61 Å². The first-order valence-electron chi connectivity index (χ1n) is 9.40. The van der Waals surface area contributed by atoms with E-state index < -0.39 is 19.0 Å². The van der Waals surface area contributed by atoms with Crippen LogP contribution in [0, 0.1) is 17.2 Å². The first-order chi connectivity index (χ1) is 14.0. The van der Waals surface area contributed by atoms with E-state index in [0.29, 0.717) is 43.0 Å². The van der Waals surface area contributed by atoms with Gasteiger partial charge in [-0.1, -0.05) is 30.3 Å². The summed E-state index contributed by atoms with van der Waals surface area (Å²) in [6.07, 6.45) is -0.793. The molecule has 2 unspecified atom stereocenters. The Morgan fingerprint density at radius 1 is 1.34 bits per heavy atom. The van der Waals surface area contributed by atoms with Gasteiger partial charge in [0.2, 0.25) is 5.91 Å². The molecule has 0 spiro atoms. The fraction of sp³-hybridized carbons (Fsp3) is 0.450. The summed E-state index contributed by atoms with van der Waals surface area (Å²) >= 11 is 1.40. The van der Waals surface area contributed by atoms with Crippen LogP contribution in [0.2, 0.25) is 0 Å². The fourth-order valence-electron chi connectivity index (χ4n) is 3.47. The molecule has 154 valence electrons. The van der Waals surface area contributed by atoms with Gasteiger partial charge in [-0.15, -0.1) is 11.8 Å². The van der Waals surface area contributed by atoms with Crippen LogP contribution in [0.1, 0.15) is 18.4 Å². The second-order valence-corrected chi connectivity index (χ2v) is 8.19. The number of allylic oxidation sites excluding steroid dienone is 1. The number of benzene rings is 1. The molecule has 9 heteroatoms. The van der Waals surface area contributed by atoms with Gasteiger partial charge in [-0.2, -0.15) is 5.26 Å². The lowest BCUT2D eigenvalue weighted by molar-refractivity contribution is -0.120. The van der Waals surface area contributed by atoms with Crippen LogP contribution in [0.25, 0.3) is 0 Å². The van der Waals surface area contributed by atoms with Gasteiger partial charge in [-0.25, -0.2) is 4.79 Å².